The number of aliphatic carboxylic acids is 1. The van der Waals surface area contributed by atoms with Crippen LogP contribution < -0.4 is 11.4 Å². The molecule has 100 valence electrons. The molecule has 0 amide bonds. The molecule has 1 unspecified atom stereocenters. The number of hydrogen-bond donors (Lipinski definition) is 2. The third kappa shape index (κ3) is 2.73. The van der Waals surface area contributed by atoms with E-state index >= 15 is 0 Å². The van der Waals surface area contributed by atoms with Crippen molar-refractivity contribution < 1.29 is 14.3 Å². The van der Waals surface area contributed by atoms with E-state index in [2.05, 4.69) is 0 Å². The average molecular weight is 302 g/mol. The number of carboxylic acids is 1. The average Bonchev–Trinajstić information content (AvgIpc) is 2.29. The van der Waals surface area contributed by atoms with E-state index in [1.807, 2.05) is 0 Å². The Labute approximate surface area is 117 Å². The number of hydrogen-bond acceptors (Lipinski definition) is 4. The smallest absolute Gasteiger partial charge is 0.342 e. The molecule has 0 spiro atoms. The molecule has 0 aliphatic heterocycles. The number of halogens is 2. The summed E-state index contributed by atoms with van der Waals surface area (Å²) in [6.07, 6.45) is -0.420. The molecule has 0 radical (unpaired) electrons. The van der Waals surface area contributed by atoms with Gasteiger partial charge in [-0.15, -0.1) is 0 Å². The Bertz CT molecular complexity index is 711. The summed E-state index contributed by atoms with van der Waals surface area (Å²) in [5.41, 5.74) is 5.14. The molecule has 7 heteroatoms. The molecule has 0 fully saturated rings. The molecule has 0 saturated heterocycles. The maximum absolute atomic E-state index is 11.8. The fourth-order valence-electron chi connectivity index (χ4n) is 1.76. The van der Waals surface area contributed by atoms with Crippen molar-refractivity contribution in [3.8, 4) is 0 Å². The molecule has 0 aliphatic rings. The van der Waals surface area contributed by atoms with Gasteiger partial charge in [-0.05, 0) is 18.2 Å². The molecular formula is C12H9Cl2NO4. The Morgan fingerprint density at radius 3 is 2.74 bits per heavy atom. The lowest BCUT2D eigenvalue weighted by molar-refractivity contribution is -0.137. The number of rotatable bonds is 3. The maximum atomic E-state index is 11.8. The Hall–Kier alpha value is -1.56. The van der Waals surface area contributed by atoms with Crippen LogP contribution >= 0.6 is 23.2 Å². The Morgan fingerprint density at radius 1 is 1.42 bits per heavy atom. The predicted octanol–water partition coefficient (Wildman–Crippen LogP) is 2.57. The van der Waals surface area contributed by atoms with E-state index in [9.17, 15) is 9.59 Å². The zero-order valence-electron chi connectivity index (χ0n) is 9.52. The highest BCUT2D eigenvalue weighted by atomic mass is 35.5. The lowest BCUT2D eigenvalue weighted by Crippen LogP contribution is -2.22. The largest absolute Gasteiger partial charge is 0.481 e. The van der Waals surface area contributed by atoms with E-state index in [0.717, 1.165) is 0 Å². The number of carboxylic acid groups (broad SMARTS) is 1. The van der Waals surface area contributed by atoms with Crippen molar-refractivity contribution in [1.82, 2.24) is 0 Å². The van der Waals surface area contributed by atoms with Crippen molar-refractivity contribution in [3.05, 3.63) is 44.2 Å². The van der Waals surface area contributed by atoms with Crippen LogP contribution in [0.2, 0.25) is 10.0 Å². The Kier molecular flexibility index (Phi) is 3.80. The van der Waals surface area contributed by atoms with Crippen molar-refractivity contribution in [2.24, 2.45) is 5.73 Å². The Balaban J connectivity index is 2.67. The second-order valence-corrected chi connectivity index (χ2v) is 4.78. The van der Waals surface area contributed by atoms with E-state index in [1.54, 1.807) is 6.07 Å². The molecule has 1 atom stereocenters. The van der Waals surface area contributed by atoms with Gasteiger partial charge < -0.3 is 15.3 Å². The fourth-order valence-corrected chi connectivity index (χ4v) is 2.29. The van der Waals surface area contributed by atoms with Crippen LogP contribution in [0.3, 0.4) is 0 Å². The summed E-state index contributed by atoms with van der Waals surface area (Å²) in [5.74, 6) is -1.13. The summed E-state index contributed by atoms with van der Waals surface area (Å²) in [6, 6.07) is 3.56. The molecule has 1 heterocycles. The van der Waals surface area contributed by atoms with E-state index < -0.39 is 24.1 Å². The summed E-state index contributed by atoms with van der Waals surface area (Å²) in [4.78, 5) is 22.5. The monoisotopic (exact) mass is 301 g/mol. The third-order valence-corrected chi connectivity index (χ3v) is 3.24. The number of fused-ring (bicyclic) bond motifs is 1. The van der Waals surface area contributed by atoms with Crippen LogP contribution in [0.5, 0.6) is 0 Å². The second kappa shape index (κ2) is 5.21. The van der Waals surface area contributed by atoms with Gasteiger partial charge in [-0.3, -0.25) is 4.79 Å². The second-order valence-electron chi connectivity index (χ2n) is 3.96. The first-order valence-corrected chi connectivity index (χ1v) is 6.05. The summed E-state index contributed by atoms with van der Waals surface area (Å²) in [7, 11) is 0. The topological polar surface area (TPSA) is 93.5 Å². The van der Waals surface area contributed by atoms with Crippen LogP contribution in [0.15, 0.2) is 27.4 Å². The van der Waals surface area contributed by atoms with Gasteiger partial charge in [0.25, 0.3) is 0 Å². The molecule has 5 nitrogen and oxygen atoms in total. The van der Waals surface area contributed by atoms with Crippen LogP contribution in [-0.2, 0) is 4.79 Å². The standard InChI is InChI=1S/C12H9Cl2NO4/c13-5-1-2-8-6(3-5)11(14)10(12(18)19-8)7(15)4-9(16)17/h1-3,7H,4,15H2,(H,16,17). The van der Waals surface area contributed by atoms with Crippen LogP contribution in [-0.4, -0.2) is 11.1 Å². The predicted molar refractivity (Wildman–Crippen MR) is 71.7 cm³/mol. The van der Waals surface area contributed by atoms with Gasteiger partial charge in [-0.25, -0.2) is 4.79 Å². The molecule has 1 aromatic heterocycles. The summed E-state index contributed by atoms with van der Waals surface area (Å²) in [5, 5.41) is 9.62. The van der Waals surface area contributed by atoms with Gasteiger partial charge in [0.2, 0.25) is 0 Å². The molecule has 2 aromatic rings. The molecule has 3 N–H and O–H groups in total. The van der Waals surface area contributed by atoms with Crippen LogP contribution in [0, 0.1) is 0 Å². The van der Waals surface area contributed by atoms with E-state index in [-0.39, 0.29) is 16.2 Å². The van der Waals surface area contributed by atoms with Gasteiger partial charge in [-0.2, -0.15) is 0 Å². The van der Waals surface area contributed by atoms with E-state index in [4.69, 9.17) is 38.5 Å². The minimum absolute atomic E-state index is 0.0566. The van der Waals surface area contributed by atoms with Crippen molar-refractivity contribution in [2.45, 2.75) is 12.5 Å². The maximum Gasteiger partial charge on any atom is 0.342 e. The first-order chi connectivity index (χ1) is 8.90. The first kappa shape index (κ1) is 13.9. The Morgan fingerprint density at radius 2 is 2.11 bits per heavy atom. The first-order valence-electron chi connectivity index (χ1n) is 5.29. The quantitative estimate of drug-likeness (QED) is 0.850. The van der Waals surface area contributed by atoms with Crippen LogP contribution in [0.1, 0.15) is 18.0 Å². The van der Waals surface area contributed by atoms with Crippen molar-refractivity contribution in [1.29, 1.82) is 0 Å². The molecule has 0 bridgehead atoms. The van der Waals surface area contributed by atoms with Crippen molar-refractivity contribution in [3.63, 3.8) is 0 Å². The molecular weight excluding hydrogens is 293 g/mol. The molecule has 0 saturated carbocycles. The van der Waals surface area contributed by atoms with E-state index in [0.29, 0.717) is 10.4 Å². The van der Waals surface area contributed by atoms with Crippen molar-refractivity contribution in [2.75, 3.05) is 0 Å². The van der Waals surface area contributed by atoms with Crippen LogP contribution in [0.25, 0.3) is 11.0 Å². The van der Waals surface area contributed by atoms with Gasteiger partial charge in [-0.1, -0.05) is 23.2 Å². The van der Waals surface area contributed by atoms with Crippen LogP contribution in [0.4, 0.5) is 0 Å². The summed E-state index contributed by atoms with van der Waals surface area (Å²) >= 11 is 11.9. The lowest BCUT2D eigenvalue weighted by Gasteiger charge is -2.11. The fraction of sp³-hybridized carbons (Fsp3) is 0.167. The highest BCUT2D eigenvalue weighted by molar-refractivity contribution is 6.37. The molecule has 2 rings (SSSR count). The minimum Gasteiger partial charge on any atom is -0.481 e. The normalized spacial score (nSPS) is 12.6. The van der Waals surface area contributed by atoms with Gasteiger partial charge >= 0.3 is 11.6 Å². The third-order valence-electron chi connectivity index (χ3n) is 2.60. The van der Waals surface area contributed by atoms with Gasteiger partial charge in [0.1, 0.15) is 5.58 Å². The molecule has 19 heavy (non-hydrogen) atoms. The van der Waals surface area contributed by atoms with Gasteiger partial charge in [0, 0.05) is 16.5 Å². The molecule has 1 aromatic carbocycles. The summed E-state index contributed by atoms with van der Waals surface area (Å²) < 4.78 is 5.06. The number of carbonyl (C=O) groups is 1. The lowest BCUT2D eigenvalue weighted by atomic mass is 10.0. The van der Waals surface area contributed by atoms with Crippen molar-refractivity contribution >= 4 is 40.1 Å². The van der Waals surface area contributed by atoms with Gasteiger partial charge in [0.05, 0.1) is 17.0 Å². The SMILES string of the molecule is NC(CC(=O)O)c1c(Cl)c2cc(Cl)ccc2oc1=O. The van der Waals surface area contributed by atoms with Gasteiger partial charge in [0.15, 0.2) is 0 Å². The highest BCUT2D eigenvalue weighted by Crippen LogP contribution is 2.30. The zero-order valence-corrected chi connectivity index (χ0v) is 11.0. The summed E-state index contributed by atoms with van der Waals surface area (Å²) in [6.45, 7) is 0. The highest BCUT2D eigenvalue weighted by Gasteiger charge is 2.21. The number of benzene rings is 1. The molecule has 0 aliphatic carbocycles. The van der Waals surface area contributed by atoms with E-state index in [1.165, 1.54) is 12.1 Å². The number of nitrogens with two attached hydrogens (primary N) is 1. The zero-order chi connectivity index (χ0) is 14.2. The minimum atomic E-state index is -1.13.